The Labute approximate surface area is 206 Å². The Hall–Kier alpha value is -3.10. The van der Waals surface area contributed by atoms with E-state index in [9.17, 15) is 4.39 Å². The summed E-state index contributed by atoms with van der Waals surface area (Å²) in [6, 6.07) is 8.40. The third kappa shape index (κ3) is 4.15. The number of hydrogen-bond acceptors (Lipinski definition) is 5. The fourth-order valence-corrected chi connectivity index (χ4v) is 5.58. The molecule has 2 aliphatic rings. The van der Waals surface area contributed by atoms with Crippen molar-refractivity contribution in [3.8, 4) is 11.1 Å². The summed E-state index contributed by atoms with van der Waals surface area (Å²) in [5.41, 5.74) is 2.93. The molecule has 0 radical (unpaired) electrons. The monoisotopic (exact) mass is 494 g/mol. The molecular formula is C26H25ClF2N6. The van der Waals surface area contributed by atoms with Gasteiger partial charge in [-0.3, -0.25) is 9.67 Å². The molecule has 1 atom stereocenters. The standard InChI is InChI=1S/C26H25ClF2N6/c27-20-4-3-17(28)12-19(20)23-2-1-11-34(23)24-6-5-22-26(33-24)25(21(29)14-31-22)16-13-32-35(15-16)18-7-9-30-10-8-18/h3-6,12-15,18,23,30H,1-2,7-11H2/t23-/m1/s1. The van der Waals surface area contributed by atoms with Gasteiger partial charge in [0, 0.05) is 23.3 Å². The molecule has 0 unspecified atom stereocenters. The smallest absolute Gasteiger partial charge is 0.151 e. The Morgan fingerprint density at radius 1 is 1.03 bits per heavy atom. The van der Waals surface area contributed by atoms with Crippen molar-refractivity contribution in [2.75, 3.05) is 24.5 Å². The van der Waals surface area contributed by atoms with Crippen LogP contribution in [0.3, 0.4) is 0 Å². The SMILES string of the molecule is Fc1ccc(Cl)c([C@H]2CCCN2c2ccc3ncc(F)c(-c4cnn(C5CCNCC5)c4)c3n2)c1. The van der Waals surface area contributed by atoms with E-state index < -0.39 is 5.82 Å². The first-order chi connectivity index (χ1) is 17.1. The predicted octanol–water partition coefficient (Wildman–Crippen LogP) is 5.69. The van der Waals surface area contributed by atoms with Crippen LogP contribution in [0.1, 0.15) is 43.3 Å². The van der Waals surface area contributed by atoms with Crippen LogP contribution < -0.4 is 10.2 Å². The number of nitrogens with one attached hydrogen (secondary N) is 1. The number of halogens is 3. The van der Waals surface area contributed by atoms with E-state index in [1.54, 1.807) is 12.3 Å². The lowest BCUT2D eigenvalue weighted by Gasteiger charge is -2.27. The maximum Gasteiger partial charge on any atom is 0.151 e. The largest absolute Gasteiger partial charge is 0.349 e. The van der Waals surface area contributed by atoms with Crippen LogP contribution in [-0.4, -0.2) is 39.4 Å². The topological polar surface area (TPSA) is 58.9 Å². The van der Waals surface area contributed by atoms with E-state index in [-0.39, 0.29) is 11.9 Å². The zero-order valence-corrected chi connectivity index (χ0v) is 19.8. The second-order valence-corrected chi connectivity index (χ2v) is 9.63. The van der Waals surface area contributed by atoms with Gasteiger partial charge in [0.15, 0.2) is 5.82 Å². The normalized spacial score (nSPS) is 19.1. The minimum atomic E-state index is -0.432. The van der Waals surface area contributed by atoms with Crippen LogP contribution in [-0.2, 0) is 0 Å². The molecule has 0 spiro atoms. The highest BCUT2D eigenvalue weighted by Crippen LogP contribution is 2.40. The summed E-state index contributed by atoms with van der Waals surface area (Å²) in [5.74, 6) is -0.0556. The van der Waals surface area contributed by atoms with Crippen LogP contribution in [0.15, 0.2) is 48.9 Å². The molecular weight excluding hydrogens is 470 g/mol. The van der Waals surface area contributed by atoms with Gasteiger partial charge in [0.1, 0.15) is 17.2 Å². The Morgan fingerprint density at radius 3 is 2.74 bits per heavy atom. The molecule has 0 amide bonds. The van der Waals surface area contributed by atoms with Gasteiger partial charge in [0.25, 0.3) is 0 Å². The first kappa shape index (κ1) is 22.4. The van der Waals surface area contributed by atoms with Crippen molar-refractivity contribution in [2.45, 2.75) is 37.8 Å². The molecule has 0 saturated carbocycles. The summed E-state index contributed by atoms with van der Waals surface area (Å²) in [6.45, 7) is 2.65. The summed E-state index contributed by atoms with van der Waals surface area (Å²) in [7, 11) is 0. The second-order valence-electron chi connectivity index (χ2n) is 9.23. The third-order valence-electron chi connectivity index (χ3n) is 7.09. The van der Waals surface area contributed by atoms with Gasteiger partial charge in [-0.25, -0.2) is 13.8 Å². The molecule has 2 aliphatic heterocycles. The van der Waals surface area contributed by atoms with Crippen molar-refractivity contribution >= 4 is 28.5 Å². The van der Waals surface area contributed by atoms with E-state index in [0.29, 0.717) is 39.0 Å². The van der Waals surface area contributed by atoms with Crippen LogP contribution in [0.25, 0.3) is 22.2 Å². The van der Waals surface area contributed by atoms with Crippen LogP contribution in [0.4, 0.5) is 14.6 Å². The Balaban J connectivity index is 1.41. The molecule has 3 aromatic heterocycles. The highest BCUT2D eigenvalue weighted by molar-refractivity contribution is 6.31. The van der Waals surface area contributed by atoms with Crippen molar-refractivity contribution in [1.82, 2.24) is 25.1 Å². The number of hydrogen-bond donors (Lipinski definition) is 1. The fraction of sp³-hybridized carbons (Fsp3) is 0.346. The van der Waals surface area contributed by atoms with Gasteiger partial charge < -0.3 is 10.2 Å². The number of piperidine rings is 1. The Morgan fingerprint density at radius 2 is 1.89 bits per heavy atom. The van der Waals surface area contributed by atoms with E-state index in [0.717, 1.165) is 50.9 Å². The molecule has 1 N–H and O–H groups in total. The zero-order valence-electron chi connectivity index (χ0n) is 19.1. The molecule has 4 aromatic rings. The van der Waals surface area contributed by atoms with Crippen LogP contribution in [0.2, 0.25) is 5.02 Å². The van der Waals surface area contributed by atoms with E-state index in [1.807, 2.05) is 23.0 Å². The lowest BCUT2D eigenvalue weighted by Crippen LogP contribution is -2.29. The minimum Gasteiger partial charge on any atom is -0.349 e. The number of fused-ring (bicyclic) bond motifs is 1. The number of benzene rings is 1. The quantitative estimate of drug-likeness (QED) is 0.395. The van der Waals surface area contributed by atoms with Crippen molar-refractivity contribution in [3.05, 3.63) is 71.1 Å². The molecule has 180 valence electrons. The van der Waals surface area contributed by atoms with Crippen molar-refractivity contribution in [3.63, 3.8) is 0 Å². The lowest BCUT2D eigenvalue weighted by molar-refractivity contribution is 0.343. The molecule has 35 heavy (non-hydrogen) atoms. The highest BCUT2D eigenvalue weighted by Gasteiger charge is 2.30. The van der Waals surface area contributed by atoms with Gasteiger partial charge in [-0.05, 0) is 74.7 Å². The van der Waals surface area contributed by atoms with Crippen molar-refractivity contribution in [1.29, 1.82) is 0 Å². The predicted molar refractivity (Wildman–Crippen MR) is 133 cm³/mol. The van der Waals surface area contributed by atoms with Gasteiger partial charge in [0.05, 0.1) is 35.6 Å². The van der Waals surface area contributed by atoms with Gasteiger partial charge in [0.2, 0.25) is 0 Å². The molecule has 0 bridgehead atoms. The average molecular weight is 495 g/mol. The first-order valence-corrected chi connectivity index (χ1v) is 12.4. The average Bonchev–Trinajstić information content (AvgIpc) is 3.56. The molecule has 2 fully saturated rings. The fourth-order valence-electron chi connectivity index (χ4n) is 5.34. The number of pyridine rings is 2. The molecule has 9 heteroatoms. The van der Waals surface area contributed by atoms with Crippen LogP contribution in [0.5, 0.6) is 0 Å². The lowest BCUT2D eigenvalue weighted by atomic mass is 10.0. The number of nitrogens with zero attached hydrogens (tertiary/aromatic N) is 5. The van der Waals surface area contributed by atoms with E-state index >= 15 is 4.39 Å². The Kier molecular flexibility index (Phi) is 5.86. The van der Waals surface area contributed by atoms with E-state index in [1.165, 1.54) is 18.3 Å². The molecule has 1 aromatic carbocycles. The molecule has 6 rings (SSSR count). The third-order valence-corrected chi connectivity index (χ3v) is 7.43. The number of aromatic nitrogens is 4. The van der Waals surface area contributed by atoms with Gasteiger partial charge in [-0.15, -0.1) is 0 Å². The second kappa shape index (κ2) is 9.17. The van der Waals surface area contributed by atoms with Gasteiger partial charge in [-0.2, -0.15) is 5.10 Å². The van der Waals surface area contributed by atoms with Gasteiger partial charge in [-0.1, -0.05) is 11.6 Å². The molecule has 0 aliphatic carbocycles. The van der Waals surface area contributed by atoms with Crippen LogP contribution in [0, 0.1) is 11.6 Å². The maximum absolute atomic E-state index is 15.2. The van der Waals surface area contributed by atoms with Crippen molar-refractivity contribution < 1.29 is 8.78 Å². The van der Waals surface area contributed by atoms with E-state index in [4.69, 9.17) is 16.6 Å². The summed E-state index contributed by atoms with van der Waals surface area (Å²) >= 11 is 6.43. The Bertz CT molecular complexity index is 1380. The summed E-state index contributed by atoms with van der Waals surface area (Å²) < 4.78 is 31.1. The van der Waals surface area contributed by atoms with Crippen LogP contribution >= 0.6 is 11.6 Å². The molecule has 5 heterocycles. The highest BCUT2D eigenvalue weighted by atomic mass is 35.5. The summed E-state index contributed by atoms with van der Waals surface area (Å²) in [4.78, 5) is 11.3. The molecule has 6 nitrogen and oxygen atoms in total. The summed E-state index contributed by atoms with van der Waals surface area (Å²) in [5, 5.41) is 8.44. The summed E-state index contributed by atoms with van der Waals surface area (Å²) in [6.07, 6.45) is 8.59. The van der Waals surface area contributed by atoms with Gasteiger partial charge >= 0.3 is 0 Å². The zero-order chi connectivity index (χ0) is 23.9. The number of anilines is 1. The van der Waals surface area contributed by atoms with Crippen molar-refractivity contribution in [2.24, 2.45) is 0 Å². The first-order valence-electron chi connectivity index (χ1n) is 12.0. The van der Waals surface area contributed by atoms with E-state index in [2.05, 4.69) is 20.3 Å². The maximum atomic E-state index is 15.2. The number of rotatable bonds is 4. The minimum absolute atomic E-state index is 0.101. The molecule has 2 saturated heterocycles.